The summed E-state index contributed by atoms with van der Waals surface area (Å²) in [5.74, 6) is 0.265. The van der Waals surface area contributed by atoms with Crippen molar-refractivity contribution in [2.24, 2.45) is 15.9 Å². The van der Waals surface area contributed by atoms with Gasteiger partial charge < -0.3 is 5.73 Å². The van der Waals surface area contributed by atoms with Crippen molar-refractivity contribution in [3.63, 3.8) is 0 Å². The van der Waals surface area contributed by atoms with E-state index in [2.05, 4.69) is 20.2 Å². The van der Waals surface area contributed by atoms with Gasteiger partial charge in [0.25, 0.3) is 0 Å². The predicted octanol–water partition coefficient (Wildman–Crippen LogP) is 0.188. The van der Waals surface area contributed by atoms with Crippen LogP contribution in [0.4, 0.5) is 0 Å². The minimum absolute atomic E-state index is 0.265. The number of nitrogens with two attached hydrogens (primary N) is 1. The van der Waals surface area contributed by atoms with E-state index < -0.39 is 0 Å². The summed E-state index contributed by atoms with van der Waals surface area (Å²) in [6.45, 7) is 1.76. The second kappa shape index (κ2) is 4.17. The van der Waals surface area contributed by atoms with Crippen molar-refractivity contribution < 1.29 is 0 Å². The number of amidine groups is 1. The number of aromatic nitrogens is 2. The highest BCUT2D eigenvalue weighted by atomic mass is 15.2. The van der Waals surface area contributed by atoms with Gasteiger partial charge in [-0.2, -0.15) is 5.10 Å². The van der Waals surface area contributed by atoms with Gasteiger partial charge in [-0.1, -0.05) is 0 Å². The Bertz CT molecular complexity index is 290. The molecule has 0 atom stereocenters. The van der Waals surface area contributed by atoms with E-state index in [1.165, 1.54) is 6.20 Å². The molecule has 12 heavy (non-hydrogen) atoms. The predicted molar refractivity (Wildman–Crippen MR) is 46.9 cm³/mol. The van der Waals surface area contributed by atoms with Crippen LogP contribution in [-0.4, -0.2) is 22.0 Å². The fraction of sp³-hybridized carbons (Fsp3) is 0.143. The van der Waals surface area contributed by atoms with Crippen molar-refractivity contribution in [2.45, 2.75) is 6.92 Å². The van der Waals surface area contributed by atoms with Crippen molar-refractivity contribution in [3.8, 4) is 0 Å². The first-order valence-corrected chi connectivity index (χ1v) is 3.42. The maximum absolute atomic E-state index is 5.51. The molecule has 0 aliphatic rings. The molecular weight excluding hydrogens is 154 g/mol. The van der Waals surface area contributed by atoms with E-state index in [0.717, 1.165) is 0 Å². The van der Waals surface area contributed by atoms with E-state index in [1.807, 2.05) is 0 Å². The quantitative estimate of drug-likeness (QED) is 0.384. The first-order valence-electron chi connectivity index (χ1n) is 3.42. The lowest BCUT2D eigenvalue weighted by atomic mass is 10.4. The standard InChI is InChI=1S/C7H9N5/c1-2-11-12-7(8)6-5-9-3-4-10-6/h2-5H,1H3,(H2,8,12). The highest BCUT2D eigenvalue weighted by Crippen LogP contribution is 1.89. The molecular formula is C7H9N5. The fourth-order valence-corrected chi connectivity index (χ4v) is 0.603. The highest BCUT2D eigenvalue weighted by molar-refractivity contribution is 5.95. The Morgan fingerprint density at radius 3 is 3.00 bits per heavy atom. The minimum atomic E-state index is 0.265. The molecule has 0 aromatic carbocycles. The number of rotatable bonds is 2. The number of nitrogens with zero attached hydrogens (tertiary/aromatic N) is 4. The lowest BCUT2D eigenvalue weighted by molar-refractivity contribution is 1.14. The van der Waals surface area contributed by atoms with Gasteiger partial charge in [0.1, 0.15) is 5.69 Å². The van der Waals surface area contributed by atoms with Crippen LogP contribution in [0.3, 0.4) is 0 Å². The molecule has 0 radical (unpaired) electrons. The Morgan fingerprint density at radius 2 is 2.42 bits per heavy atom. The average molecular weight is 163 g/mol. The summed E-state index contributed by atoms with van der Waals surface area (Å²) in [5.41, 5.74) is 6.05. The van der Waals surface area contributed by atoms with Crippen molar-refractivity contribution in [3.05, 3.63) is 24.3 Å². The van der Waals surface area contributed by atoms with Crippen molar-refractivity contribution in [2.75, 3.05) is 0 Å². The molecule has 1 aromatic rings. The van der Waals surface area contributed by atoms with Gasteiger partial charge in [0, 0.05) is 18.6 Å². The summed E-state index contributed by atoms with van der Waals surface area (Å²) >= 11 is 0. The van der Waals surface area contributed by atoms with Crippen LogP contribution in [0, 0.1) is 0 Å². The molecule has 5 nitrogen and oxygen atoms in total. The molecule has 2 N–H and O–H groups in total. The van der Waals surface area contributed by atoms with E-state index in [-0.39, 0.29) is 5.84 Å². The molecule has 1 heterocycles. The van der Waals surface area contributed by atoms with Crippen LogP contribution in [-0.2, 0) is 0 Å². The van der Waals surface area contributed by atoms with Crippen LogP contribution < -0.4 is 5.73 Å². The van der Waals surface area contributed by atoms with Gasteiger partial charge in [0.2, 0.25) is 0 Å². The SMILES string of the molecule is CC=N/N=C(\N)c1cnccn1. The zero-order valence-electron chi connectivity index (χ0n) is 6.68. The third-order valence-corrected chi connectivity index (χ3v) is 1.11. The van der Waals surface area contributed by atoms with Crippen LogP contribution in [0.25, 0.3) is 0 Å². The second-order valence-electron chi connectivity index (χ2n) is 1.95. The van der Waals surface area contributed by atoms with Gasteiger partial charge in [-0.3, -0.25) is 4.98 Å². The van der Waals surface area contributed by atoms with Gasteiger partial charge in [-0.15, -0.1) is 5.10 Å². The molecule has 5 heteroatoms. The van der Waals surface area contributed by atoms with E-state index in [4.69, 9.17) is 5.73 Å². The largest absolute Gasteiger partial charge is 0.380 e. The molecule has 1 rings (SSSR count). The van der Waals surface area contributed by atoms with Crippen LogP contribution >= 0.6 is 0 Å². The third kappa shape index (κ3) is 2.12. The van der Waals surface area contributed by atoms with Crippen LogP contribution in [0.2, 0.25) is 0 Å². The lowest BCUT2D eigenvalue weighted by Crippen LogP contribution is -2.14. The van der Waals surface area contributed by atoms with Crippen molar-refractivity contribution in [1.29, 1.82) is 0 Å². The molecule has 0 aliphatic carbocycles. The molecule has 62 valence electrons. The number of hydrogen-bond donors (Lipinski definition) is 1. The first-order chi connectivity index (χ1) is 5.84. The molecule has 1 aromatic heterocycles. The summed E-state index contributed by atoms with van der Waals surface area (Å²) in [6.07, 6.45) is 6.19. The molecule has 0 bridgehead atoms. The first kappa shape index (κ1) is 8.32. The Hall–Kier alpha value is -1.78. The van der Waals surface area contributed by atoms with Gasteiger partial charge in [-0.25, -0.2) is 4.98 Å². The Morgan fingerprint density at radius 1 is 1.58 bits per heavy atom. The summed E-state index contributed by atoms with van der Waals surface area (Å²) in [6, 6.07) is 0. The lowest BCUT2D eigenvalue weighted by Gasteiger charge is -1.93. The molecule has 0 unspecified atom stereocenters. The maximum Gasteiger partial charge on any atom is 0.173 e. The molecule has 0 fully saturated rings. The minimum Gasteiger partial charge on any atom is -0.380 e. The van der Waals surface area contributed by atoms with Gasteiger partial charge in [0.15, 0.2) is 5.84 Å². The normalized spacial score (nSPS) is 12.2. The smallest absolute Gasteiger partial charge is 0.173 e. The molecule has 0 amide bonds. The fourth-order valence-electron chi connectivity index (χ4n) is 0.603. The summed E-state index contributed by atoms with van der Waals surface area (Å²) in [7, 11) is 0. The van der Waals surface area contributed by atoms with Crippen LogP contribution in [0.1, 0.15) is 12.6 Å². The topological polar surface area (TPSA) is 76.5 Å². The van der Waals surface area contributed by atoms with Crippen molar-refractivity contribution >= 4 is 12.1 Å². The van der Waals surface area contributed by atoms with E-state index in [0.29, 0.717) is 5.69 Å². The maximum atomic E-state index is 5.51. The zero-order chi connectivity index (χ0) is 8.81. The highest BCUT2D eigenvalue weighted by Gasteiger charge is 1.96. The monoisotopic (exact) mass is 163 g/mol. The Kier molecular flexibility index (Phi) is 2.89. The Labute approximate surface area is 70.1 Å². The van der Waals surface area contributed by atoms with Gasteiger partial charge >= 0.3 is 0 Å². The summed E-state index contributed by atoms with van der Waals surface area (Å²) in [5, 5.41) is 7.29. The van der Waals surface area contributed by atoms with E-state index >= 15 is 0 Å². The Balaban J connectivity index is 2.85. The van der Waals surface area contributed by atoms with Crippen LogP contribution in [0.5, 0.6) is 0 Å². The van der Waals surface area contributed by atoms with E-state index in [1.54, 1.807) is 25.5 Å². The number of hydrogen-bond acceptors (Lipinski definition) is 4. The van der Waals surface area contributed by atoms with Crippen molar-refractivity contribution in [1.82, 2.24) is 9.97 Å². The average Bonchev–Trinajstić information content (AvgIpc) is 2.15. The zero-order valence-corrected chi connectivity index (χ0v) is 6.68. The second-order valence-corrected chi connectivity index (χ2v) is 1.95. The van der Waals surface area contributed by atoms with Gasteiger partial charge in [-0.05, 0) is 6.92 Å². The summed E-state index contributed by atoms with van der Waals surface area (Å²) < 4.78 is 0. The molecule has 0 spiro atoms. The molecule has 0 saturated heterocycles. The van der Waals surface area contributed by atoms with Crippen LogP contribution in [0.15, 0.2) is 28.8 Å². The van der Waals surface area contributed by atoms with E-state index in [9.17, 15) is 0 Å². The molecule has 0 aliphatic heterocycles. The van der Waals surface area contributed by atoms with Gasteiger partial charge in [0.05, 0.1) is 6.20 Å². The molecule has 0 saturated carbocycles. The summed E-state index contributed by atoms with van der Waals surface area (Å²) in [4.78, 5) is 7.78. The third-order valence-electron chi connectivity index (χ3n) is 1.11.